The Labute approximate surface area is 166 Å². The molecule has 1 N–H and O–H groups in total. The van der Waals surface area contributed by atoms with Crippen molar-refractivity contribution in [2.45, 2.75) is 4.90 Å². The molecule has 4 heterocycles. The lowest BCUT2D eigenvalue weighted by molar-refractivity contribution is 0.311. The number of piperazine rings is 1. The Kier molecular flexibility index (Phi) is 4.44. The second kappa shape index (κ2) is 7.10. The topological polar surface area (TPSA) is 62.6 Å². The van der Waals surface area contributed by atoms with E-state index in [1.165, 1.54) is 0 Å². The molecule has 8 heteroatoms. The van der Waals surface area contributed by atoms with Crippen molar-refractivity contribution in [1.82, 2.24) is 14.3 Å². The largest absolute Gasteiger partial charge is 0.490 e. The summed E-state index contributed by atoms with van der Waals surface area (Å²) in [7, 11) is 0.667. The molecule has 146 valence electrons. The van der Waals surface area contributed by atoms with Gasteiger partial charge in [-0.2, -0.15) is 0 Å². The highest BCUT2D eigenvalue weighted by Gasteiger charge is 2.22. The third-order valence-electron chi connectivity index (χ3n) is 5.37. The molecule has 0 aliphatic carbocycles. The molecule has 7 nitrogen and oxygen atoms in total. The van der Waals surface area contributed by atoms with Crippen LogP contribution >= 0.6 is 0 Å². The molecule has 5 rings (SSSR count). The minimum Gasteiger partial charge on any atom is -0.490 e. The number of rotatable bonds is 3. The van der Waals surface area contributed by atoms with Crippen LogP contribution in [0.2, 0.25) is 0 Å². The Bertz CT molecular complexity index is 1040. The van der Waals surface area contributed by atoms with Crippen LogP contribution in [-0.4, -0.2) is 59.5 Å². The molecule has 1 fully saturated rings. The van der Waals surface area contributed by atoms with Gasteiger partial charge in [0.15, 0.2) is 11.0 Å². The third-order valence-corrected chi connectivity index (χ3v) is 6.69. The Morgan fingerprint density at radius 1 is 1.14 bits per heavy atom. The van der Waals surface area contributed by atoms with Crippen molar-refractivity contribution >= 4 is 33.4 Å². The van der Waals surface area contributed by atoms with Crippen LogP contribution in [0.15, 0.2) is 47.6 Å². The first-order valence-electron chi connectivity index (χ1n) is 9.54. The van der Waals surface area contributed by atoms with Gasteiger partial charge in [0.05, 0.1) is 28.3 Å². The molecule has 1 saturated heterocycles. The second-order valence-electron chi connectivity index (χ2n) is 7.10. The molecule has 1 aromatic carbocycles. The van der Waals surface area contributed by atoms with Crippen LogP contribution in [0, 0.1) is 0 Å². The first-order chi connectivity index (χ1) is 13.7. The summed E-state index contributed by atoms with van der Waals surface area (Å²) >= 11 is 0. The van der Waals surface area contributed by atoms with E-state index in [0.29, 0.717) is 6.61 Å². The molecule has 3 aromatic rings. The fraction of sp³-hybridized carbons (Fsp3) is 0.350. The zero-order valence-corrected chi connectivity index (χ0v) is 16.6. The summed E-state index contributed by atoms with van der Waals surface area (Å²) in [5.41, 5.74) is 3.81. The Morgan fingerprint density at radius 3 is 2.86 bits per heavy atom. The summed E-state index contributed by atoms with van der Waals surface area (Å²) < 4.78 is 21.1. The van der Waals surface area contributed by atoms with E-state index in [2.05, 4.69) is 20.1 Å². The quantitative estimate of drug-likeness (QED) is 0.728. The zero-order valence-electron chi connectivity index (χ0n) is 15.8. The number of hydrogen-bond donors (Lipinski definition) is 1. The maximum Gasteiger partial charge on any atom is 0.157 e. The van der Waals surface area contributed by atoms with E-state index in [-0.39, 0.29) is 0 Å². The van der Waals surface area contributed by atoms with Crippen LogP contribution < -0.4 is 19.9 Å². The minimum absolute atomic E-state index is 0.674. The average molecular weight is 398 g/mol. The summed E-state index contributed by atoms with van der Waals surface area (Å²) in [6.07, 6.45) is 3.78. The molecule has 0 spiro atoms. The van der Waals surface area contributed by atoms with E-state index in [4.69, 9.17) is 4.74 Å². The lowest BCUT2D eigenvalue weighted by Gasteiger charge is -2.28. The van der Waals surface area contributed by atoms with Crippen molar-refractivity contribution in [3.8, 4) is 5.75 Å². The zero-order chi connectivity index (χ0) is 19.1. The van der Waals surface area contributed by atoms with Gasteiger partial charge in [-0.15, -0.1) is 0 Å². The number of pyridine rings is 1. The van der Waals surface area contributed by atoms with Crippen LogP contribution in [0.3, 0.4) is 0 Å². The average Bonchev–Trinajstić information content (AvgIpc) is 3.14. The predicted molar refractivity (Wildman–Crippen MR) is 112 cm³/mol. The molecule has 2 aromatic heterocycles. The Hall–Kier alpha value is -2.58. The molecule has 1 atom stereocenters. The number of ether oxygens (including phenoxy) is 1. The summed E-state index contributed by atoms with van der Waals surface area (Å²) in [4.78, 5) is 9.80. The van der Waals surface area contributed by atoms with E-state index in [1.807, 2.05) is 47.5 Å². The molecule has 0 bridgehead atoms. The van der Waals surface area contributed by atoms with Crippen LogP contribution in [0.5, 0.6) is 5.75 Å². The lowest BCUT2D eigenvalue weighted by atomic mass is 10.2. The van der Waals surface area contributed by atoms with Gasteiger partial charge in [0.25, 0.3) is 0 Å². The normalized spacial score (nSPS) is 18.0. The van der Waals surface area contributed by atoms with Crippen LogP contribution in [0.4, 0.5) is 11.4 Å². The number of hydrogen-bond acceptors (Lipinski definition) is 6. The number of aromatic nitrogens is 2. The molecule has 0 saturated carbocycles. The van der Waals surface area contributed by atoms with Crippen LogP contribution in [0.1, 0.15) is 0 Å². The summed E-state index contributed by atoms with van der Waals surface area (Å²) in [5.74, 6) is 0.843. The van der Waals surface area contributed by atoms with Crippen LogP contribution in [0.25, 0.3) is 11.0 Å². The monoisotopic (exact) mass is 397 g/mol. The standard InChI is InChI=1S/C20H23N5O2S/c1-23-11-12-27-19-5-4-15(13-17(19)23)28(26)25-14-18(24-9-7-21-8-10-24)20-16(25)3-2-6-22-20/h2-6,13-14,21H,7-12H2,1H3. The van der Waals surface area contributed by atoms with Crippen molar-refractivity contribution in [2.24, 2.45) is 0 Å². The number of nitrogens with zero attached hydrogens (tertiary/aromatic N) is 4. The van der Waals surface area contributed by atoms with Gasteiger partial charge in [0.2, 0.25) is 0 Å². The molecule has 28 heavy (non-hydrogen) atoms. The number of anilines is 2. The minimum atomic E-state index is -1.37. The van der Waals surface area contributed by atoms with Gasteiger partial charge < -0.3 is 19.9 Å². The summed E-state index contributed by atoms with van der Waals surface area (Å²) in [6.45, 7) is 5.23. The Balaban J connectivity index is 1.57. The third kappa shape index (κ3) is 2.93. The summed E-state index contributed by atoms with van der Waals surface area (Å²) in [5, 5.41) is 3.38. The van der Waals surface area contributed by atoms with Crippen molar-refractivity contribution in [1.29, 1.82) is 0 Å². The fourth-order valence-electron chi connectivity index (χ4n) is 3.84. The van der Waals surface area contributed by atoms with Crippen molar-refractivity contribution in [3.05, 3.63) is 42.7 Å². The highest BCUT2D eigenvalue weighted by molar-refractivity contribution is 7.83. The molecule has 0 amide bonds. The van der Waals surface area contributed by atoms with Gasteiger partial charge in [0.1, 0.15) is 17.9 Å². The van der Waals surface area contributed by atoms with E-state index >= 15 is 0 Å². The van der Waals surface area contributed by atoms with Gasteiger partial charge in [-0.05, 0) is 30.3 Å². The second-order valence-corrected chi connectivity index (χ2v) is 8.46. The van der Waals surface area contributed by atoms with Crippen molar-refractivity contribution in [3.63, 3.8) is 0 Å². The Morgan fingerprint density at radius 2 is 2.00 bits per heavy atom. The van der Waals surface area contributed by atoms with Gasteiger partial charge in [-0.25, -0.2) is 4.21 Å². The van der Waals surface area contributed by atoms with Gasteiger partial charge in [-0.1, -0.05) is 0 Å². The van der Waals surface area contributed by atoms with E-state index in [1.54, 1.807) is 6.20 Å². The molecule has 2 aliphatic heterocycles. The number of likely N-dealkylation sites (N-methyl/N-ethyl adjacent to an activating group) is 1. The summed E-state index contributed by atoms with van der Waals surface area (Å²) in [6, 6.07) is 9.66. The first-order valence-corrected chi connectivity index (χ1v) is 10.6. The van der Waals surface area contributed by atoms with E-state index < -0.39 is 11.0 Å². The smallest absolute Gasteiger partial charge is 0.157 e. The van der Waals surface area contributed by atoms with Gasteiger partial charge >= 0.3 is 0 Å². The highest BCUT2D eigenvalue weighted by Crippen LogP contribution is 2.34. The fourth-order valence-corrected chi connectivity index (χ4v) is 4.99. The SMILES string of the molecule is CN1CCOc2ccc(S(=O)n3cc(N4CCNCC4)c4ncccc43)cc21. The van der Waals surface area contributed by atoms with Crippen LogP contribution in [-0.2, 0) is 11.0 Å². The highest BCUT2D eigenvalue weighted by atomic mass is 32.2. The van der Waals surface area contributed by atoms with Crippen molar-refractivity contribution in [2.75, 3.05) is 56.2 Å². The van der Waals surface area contributed by atoms with E-state index in [0.717, 1.165) is 65.8 Å². The van der Waals surface area contributed by atoms with E-state index in [9.17, 15) is 4.21 Å². The lowest BCUT2D eigenvalue weighted by Crippen LogP contribution is -2.43. The molecule has 0 radical (unpaired) electrons. The molecular weight excluding hydrogens is 374 g/mol. The van der Waals surface area contributed by atoms with Crippen molar-refractivity contribution < 1.29 is 8.95 Å². The van der Waals surface area contributed by atoms with Gasteiger partial charge in [-0.3, -0.25) is 8.96 Å². The maximum absolute atomic E-state index is 13.5. The number of nitrogens with one attached hydrogen (secondary N) is 1. The molecular formula is C20H23N5O2S. The first kappa shape index (κ1) is 17.5. The number of fused-ring (bicyclic) bond motifs is 2. The maximum atomic E-state index is 13.5. The van der Waals surface area contributed by atoms with Gasteiger partial charge in [0, 0.05) is 45.6 Å². The number of benzene rings is 1. The molecule has 2 aliphatic rings. The predicted octanol–water partition coefficient (Wildman–Crippen LogP) is 1.85. The molecule has 1 unspecified atom stereocenters.